The van der Waals surface area contributed by atoms with Gasteiger partial charge in [0.05, 0.1) is 0 Å². The predicted molar refractivity (Wildman–Crippen MR) is 76.0 cm³/mol. The minimum atomic E-state index is 0.817. The molecule has 1 aliphatic rings. The molecule has 0 amide bonds. The van der Waals surface area contributed by atoms with Crippen molar-refractivity contribution in [3.63, 3.8) is 0 Å². The molecule has 1 saturated heterocycles. The van der Waals surface area contributed by atoms with E-state index in [4.69, 9.17) is 0 Å². The summed E-state index contributed by atoms with van der Waals surface area (Å²) < 4.78 is 0. The van der Waals surface area contributed by atoms with Crippen molar-refractivity contribution in [1.82, 2.24) is 10.0 Å². The highest BCUT2D eigenvalue weighted by Crippen LogP contribution is 2.22. The fourth-order valence-corrected chi connectivity index (χ4v) is 2.82. The monoisotopic (exact) mass is 240 g/mol. The van der Waals surface area contributed by atoms with Crippen LogP contribution in [0.2, 0.25) is 0 Å². The molecule has 17 heavy (non-hydrogen) atoms. The highest BCUT2D eigenvalue weighted by molar-refractivity contribution is 4.74. The number of rotatable bonds is 8. The van der Waals surface area contributed by atoms with Gasteiger partial charge in [-0.3, -0.25) is 0 Å². The molecule has 0 radical (unpaired) electrons. The summed E-state index contributed by atoms with van der Waals surface area (Å²) in [6.07, 6.45) is 10.9. The van der Waals surface area contributed by atoms with E-state index >= 15 is 0 Å². The highest BCUT2D eigenvalue weighted by atomic mass is 15.6. The number of nitrogens with zero attached hydrogens (tertiary/aromatic N) is 2. The van der Waals surface area contributed by atoms with Crippen molar-refractivity contribution in [3.05, 3.63) is 0 Å². The SMILES string of the molecule is CCCCN(CCCC)N1CCCCC1CC. The van der Waals surface area contributed by atoms with Crippen molar-refractivity contribution in [3.8, 4) is 0 Å². The van der Waals surface area contributed by atoms with E-state index < -0.39 is 0 Å². The van der Waals surface area contributed by atoms with E-state index in [0.717, 1.165) is 6.04 Å². The van der Waals surface area contributed by atoms with Crippen LogP contribution in [0.1, 0.15) is 72.1 Å². The van der Waals surface area contributed by atoms with E-state index in [1.165, 1.54) is 71.0 Å². The van der Waals surface area contributed by atoms with Crippen molar-refractivity contribution in [2.45, 2.75) is 78.2 Å². The standard InChI is InChI=1S/C15H32N2/c1-4-7-12-16(13-8-5-2)17-14-10-9-11-15(17)6-3/h15H,4-14H2,1-3H3. The van der Waals surface area contributed by atoms with Crippen LogP contribution < -0.4 is 0 Å². The van der Waals surface area contributed by atoms with Crippen molar-refractivity contribution in [1.29, 1.82) is 0 Å². The molecule has 0 bridgehead atoms. The summed E-state index contributed by atoms with van der Waals surface area (Å²) >= 11 is 0. The second kappa shape index (κ2) is 8.93. The third-order valence-corrected chi connectivity index (χ3v) is 3.97. The molecule has 1 heterocycles. The fourth-order valence-electron chi connectivity index (χ4n) is 2.82. The third kappa shape index (κ3) is 4.97. The van der Waals surface area contributed by atoms with E-state index in [-0.39, 0.29) is 0 Å². The molecule has 1 atom stereocenters. The Balaban J connectivity index is 2.51. The molecule has 0 aromatic carbocycles. The Labute approximate surface area is 108 Å². The van der Waals surface area contributed by atoms with Crippen LogP contribution in [0.3, 0.4) is 0 Å². The first kappa shape index (κ1) is 15.0. The zero-order valence-corrected chi connectivity index (χ0v) is 12.2. The Morgan fingerprint density at radius 3 is 2.18 bits per heavy atom. The minimum absolute atomic E-state index is 0.817. The summed E-state index contributed by atoms with van der Waals surface area (Å²) in [5, 5.41) is 5.37. The number of hydrogen-bond donors (Lipinski definition) is 0. The zero-order chi connectivity index (χ0) is 12.5. The van der Waals surface area contributed by atoms with Gasteiger partial charge in [-0.05, 0) is 32.1 Å². The zero-order valence-electron chi connectivity index (χ0n) is 12.2. The molecule has 1 fully saturated rings. The van der Waals surface area contributed by atoms with Crippen LogP contribution in [-0.4, -0.2) is 35.7 Å². The second-order valence-electron chi connectivity index (χ2n) is 5.38. The number of hydrazine groups is 1. The van der Waals surface area contributed by atoms with Crippen LogP contribution in [0.5, 0.6) is 0 Å². The van der Waals surface area contributed by atoms with E-state index in [0.29, 0.717) is 0 Å². The molecule has 0 aromatic heterocycles. The summed E-state index contributed by atoms with van der Waals surface area (Å²) in [6.45, 7) is 10.8. The number of hydrogen-bond acceptors (Lipinski definition) is 2. The fraction of sp³-hybridized carbons (Fsp3) is 1.00. The molecule has 2 nitrogen and oxygen atoms in total. The van der Waals surface area contributed by atoms with E-state index in [1.54, 1.807) is 0 Å². The topological polar surface area (TPSA) is 6.48 Å². The van der Waals surface area contributed by atoms with Gasteiger partial charge in [0, 0.05) is 25.7 Å². The quantitative estimate of drug-likeness (QED) is 0.631. The molecule has 102 valence electrons. The first-order valence-electron chi connectivity index (χ1n) is 7.84. The lowest BCUT2D eigenvalue weighted by atomic mass is 10.0. The van der Waals surface area contributed by atoms with Crippen LogP contribution in [-0.2, 0) is 0 Å². The van der Waals surface area contributed by atoms with Gasteiger partial charge in [-0.15, -0.1) is 0 Å². The van der Waals surface area contributed by atoms with Crippen LogP contribution in [0.25, 0.3) is 0 Å². The summed E-state index contributed by atoms with van der Waals surface area (Å²) in [7, 11) is 0. The molecule has 1 rings (SSSR count). The maximum absolute atomic E-state index is 2.70. The maximum Gasteiger partial charge on any atom is 0.0243 e. The highest BCUT2D eigenvalue weighted by Gasteiger charge is 2.25. The lowest BCUT2D eigenvalue weighted by Crippen LogP contribution is -2.51. The number of piperidine rings is 1. The van der Waals surface area contributed by atoms with Gasteiger partial charge >= 0.3 is 0 Å². The lowest BCUT2D eigenvalue weighted by Gasteiger charge is -2.43. The van der Waals surface area contributed by atoms with Crippen LogP contribution in [0.15, 0.2) is 0 Å². The second-order valence-corrected chi connectivity index (χ2v) is 5.38. The molecule has 0 aromatic rings. The van der Waals surface area contributed by atoms with E-state index in [1.807, 2.05) is 0 Å². The average Bonchev–Trinajstić information content (AvgIpc) is 2.39. The molecule has 1 aliphatic heterocycles. The van der Waals surface area contributed by atoms with Crippen molar-refractivity contribution in [2.24, 2.45) is 0 Å². The van der Waals surface area contributed by atoms with Gasteiger partial charge < -0.3 is 0 Å². The smallest absolute Gasteiger partial charge is 0.0243 e. The first-order chi connectivity index (χ1) is 8.33. The molecule has 0 saturated carbocycles. The lowest BCUT2D eigenvalue weighted by molar-refractivity contribution is -0.0806. The van der Waals surface area contributed by atoms with Gasteiger partial charge in [0.15, 0.2) is 0 Å². The Kier molecular flexibility index (Phi) is 7.87. The molecule has 2 heteroatoms. The average molecular weight is 240 g/mol. The van der Waals surface area contributed by atoms with Crippen molar-refractivity contribution in [2.75, 3.05) is 19.6 Å². The van der Waals surface area contributed by atoms with E-state index in [9.17, 15) is 0 Å². The Morgan fingerprint density at radius 1 is 1.00 bits per heavy atom. The largest absolute Gasteiger partial charge is 0.242 e. The summed E-state index contributed by atoms with van der Waals surface area (Å²) in [5.74, 6) is 0. The summed E-state index contributed by atoms with van der Waals surface area (Å²) in [5.41, 5.74) is 0. The van der Waals surface area contributed by atoms with Crippen molar-refractivity contribution < 1.29 is 0 Å². The third-order valence-electron chi connectivity index (χ3n) is 3.97. The van der Waals surface area contributed by atoms with Gasteiger partial charge in [0.1, 0.15) is 0 Å². The van der Waals surface area contributed by atoms with Gasteiger partial charge in [-0.2, -0.15) is 0 Å². The van der Waals surface area contributed by atoms with Gasteiger partial charge in [-0.25, -0.2) is 10.0 Å². The Morgan fingerprint density at radius 2 is 1.65 bits per heavy atom. The number of unbranched alkanes of at least 4 members (excludes halogenated alkanes) is 2. The summed E-state index contributed by atoms with van der Waals surface area (Å²) in [4.78, 5) is 0. The Hall–Kier alpha value is -0.0800. The van der Waals surface area contributed by atoms with Crippen LogP contribution in [0, 0.1) is 0 Å². The molecular formula is C15H32N2. The minimum Gasteiger partial charge on any atom is -0.242 e. The molecule has 0 N–H and O–H groups in total. The van der Waals surface area contributed by atoms with Crippen LogP contribution >= 0.6 is 0 Å². The van der Waals surface area contributed by atoms with Crippen molar-refractivity contribution >= 4 is 0 Å². The molecular weight excluding hydrogens is 208 g/mol. The molecule has 0 aliphatic carbocycles. The Bertz CT molecular complexity index is 174. The molecule has 0 spiro atoms. The van der Waals surface area contributed by atoms with Gasteiger partial charge in [0.2, 0.25) is 0 Å². The summed E-state index contributed by atoms with van der Waals surface area (Å²) in [6, 6.07) is 0.817. The maximum atomic E-state index is 2.70. The van der Waals surface area contributed by atoms with E-state index in [2.05, 4.69) is 30.8 Å². The predicted octanol–water partition coefficient (Wildman–Crippen LogP) is 4.07. The first-order valence-corrected chi connectivity index (χ1v) is 7.84. The molecule has 1 unspecified atom stereocenters. The van der Waals surface area contributed by atoms with Gasteiger partial charge in [-0.1, -0.05) is 40.0 Å². The van der Waals surface area contributed by atoms with Crippen LogP contribution in [0.4, 0.5) is 0 Å². The van der Waals surface area contributed by atoms with Gasteiger partial charge in [0.25, 0.3) is 0 Å². The normalized spacial score (nSPS) is 22.2.